The highest BCUT2D eigenvalue weighted by Crippen LogP contribution is 2.25. The molecule has 0 aliphatic heterocycles. The number of hydrogen-bond donors (Lipinski definition) is 4. The van der Waals surface area contributed by atoms with Crippen LogP contribution in [0.5, 0.6) is 0 Å². The van der Waals surface area contributed by atoms with Gasteiger partial charge < -0.3 is 5.32 Å². The maximum absolute atomic E-state index is 11.9. The van der Waals surface area contributed by atoms with Gasteiger partial charge in [0.25, 0.3) is 5.56 Å². The fraction of sp³-hybridized carbons (Fsp3) is 0.615. The Bertz CT molecular complexity index is 843. The van der Waals surface area contributed by atoms with Crippen LogP contribution in [0.25, 0.3) is 11.0 Å². The number of hydrogen-bond acceptors (Lipinski definition) is 6. The van der Waals surface area contributed by atoms with Gasteiger partial charge in [-0.2, -0.15) is 10.1 Å². The maximum atomic E-state index is 11.9. The van der Waals surface area contributed by atoms with Crippen molar-refractivity contribution in [3.05, 3.63) is 16.6 Å². The zero-order valence-corrected chi connectivity index (χ0v) is 13.6. The Morgan fingerprint density at radius 3 is 2.91 bits per heavy atom. The van der Waals surface area contributed by atoms with Crippen LogP contribution >= 0.6 is 0 Å². The normalized spacial score (nSPS) is 22.3. The molecule has 0 amide bonds. The van der Waals surface area contributed by atoms with Gasteiger partial charge in [-0.3, -0.25) is 14.9 Å². The van der Waals surface area contributed by atoms with E-state index >= 15 is 0 Å². The second-order valence-corrected chi connectivity index (χ2v) is 7.75. The molecule has 23 heavy (non-hydrogen) atoms. The molecule has 1 saturated carbocycles. The Kier molecular flexibility index (Phi) is 4.35. The minimum atomic E-state index is -3.23. The third-order valence-corrected chi connectivity index (χ3v) is 4.86. The first-order valence-corrected chi connectivity index (χ1v) is 9.46. The standard InChI is InChI=1S/C13H20N6O3S/c1-23(21,22)19-10-5-3-2-4-8(10)6-14-13-16-11-9(7-15-18-11)12(20)17-13/h7-8,10,19H,2-6H2,1H3,(H3,14,15,16,17,18,20). The first-order valence-electron chi connectivity index (χ1n) is 7.57. The summed E-state index contributed by atoms with van der Waals surface area (Å²) in [6, 6.07) is -0.0890. The monoisotopic (exact) mass is 340 g/mol. The molecule has 4 N–H and O–H groups in total. The minimum Gasteiger partial charge on any atom is -0.355 e. The molecule has 1 aliphatic rings. The third-order valence-electron chi connectivity index (χ3n) is 4.13. The average Bonchev–Trinajstić information content (AvgIpc) is 2.94. The van der Waals surface area contributed by atoms with Crippen LogP contribution in [0.2, 0.25) is 0 Å². The van der Waals surface area contributed by atoms with E-state index in [0.29, 0.717) is 23.5 Å². The van der Waals surface area contributed by atoms with Gasteiger partial charge in [-0.25, -0.2) is 13.1 Å². The van der Waals surface area contributed by atoms with Crippen LogP contribution in [0.1, 0.15) is 25.7 Å². The van der Waals surface area contributed by atoms with Crippen molar-refractivity contribution in [3.63, 3.8) is 0 Å². The summed E-state index contributed by atoms with van der Waals surface area (Å²) in [5.74, 6) is 0.511. The van der Waals surface area contributed by atoms with Crippen molar-refractivity contribution in [1.82, 2.24) is 24.9 Å². The molecule has 2 atom stereocenters. The SMILES string of the molecule is CS(=O)(=O)NC1CCCCC1CNc1nc2[nH]ncc2c(=O)[nH]1. The molecule has 2 unspecified atom stereocenters. The Morgan fingerprint density at radius 2 is 2.13 bits per heavy atom. The van der Waals surface area contributed by atoms with E-state index in [-0.39, 0.29) is 17.5 Å². The van der Waals surface area contributed by atoms with Crippen LogP contribution in [0.4, 0.5) is 5.95 Å². The molecule has 2 aromatic heterocycles. The second kappa shape index (κ2) is 6.28. The molecule has 126 valence electrons. The summed E-state index contributed by atoms with van der Waals surface area (Å²) in [6.07, 6.45) is 6.44. The molecular weight excluding hydrogens is 320 g/mol. The number of nitrogens with one attached hydrogen (secondary N) is 4. The third kappa shape index (κ3) is 3.88. The number of anilines is 1. The van der Waals surface area contributed by atoms with Gasteiger partial charge in [0.05, 0.1) is 12.5 Å². The van der Waals surface area contributed by atoms with Gasteiger partial charge in [0.15, 0.2) is 5.65 Å². The van der Waals surface area contributed by atoms with Crippen LogP contribution in [-0.2, 0) is 10.0 Å². The fourth-order valence-electron chi connectivity index (χ4n) is 3.04. The molecule has 0 aromatic carbocycles. The van der Waals surface area contributed by atoms with E-state index in [1.165, 1.54) is 12.5 Å². The summed E-state index contributed by atoms with van der Waals surface area (Å²) in [5.41, 5.74) is 0.159. The minimum absolute atomic E-state index is 0.0890. The van der Waals surface area contributed by atoms with Crippen molar-refractivity contribution < 1.29 is 8.42 Å². The number of H-pyrrole nitrogens is 2. The predicted octanol–water partition coefficient (Wildman–Crippen LogP) is 0.166. The summed E-state index contributed by atoms with van der Waals surface area (Å²) in [4.78, 5) is 18.8. The summed E-state index contributed by atoms with van der Waals surface area (Å²) in [5, 5.41) is 9.97. The molecule has 0 spiro atoms. The lowest BCUT2D eigenvalue weighted by molar-refractivity contribution is 0.301. The molecule has 1 aliphatic carbocycles. The van der Waals surface area contributed by atoms with E-state index in [4.69, 9.17) is 0 Å². The van der Waals surface area contributed by atoms with Crippen LogP contribution in [-0.4, -0.2) is 47.4 Å². The van der Waals surface area contributed by atoms with Gasteiger partial charge in [0, 0.05) is 12.6 Å². The van der Waals surface area contributed by atoms with Crippen molar-refractivity contribution in [2.24, 2.45) is 5.92 Å². The van der Waals surface area contributed by atoms with E-state index in [2.05, 4.69) is 30.2 Å². The van der Waals surface area contributed by atoms with Crippen LogP contribution < -0.4 is 15.6 Å². The summed E-state index contributed by atoms with van der Waals surface area (Å²) >= 11 is 0. The molecule has 2 heterocycles. The molecule has 1 fully saturated rings. The summed E-state index contributed by atoms with van der Waals surface area (Å²) in [7, 11) is -3.23. The lowest BCUT2D eigenvalue weighted by atomic mass is 9.85. The van der Waals surface area contributed by atoms with Crippen LogP contribution in [0.15, 0.2) is 11.0 Å². The molecule has 10 heteroatoms. The molecule has 9 nitrogen and oxygen atoms in total. The van der Waals surface area contributed by atoms with Gasteiger partial charge in [0.1, 0.15) is 5.39 Å². The first kappa shape index (κ1) is 15.9. The highest BCUT2D eigenvalue weighted by Gasteiger charge is 2.27. The number of nitrogens with zero attached hydrogens (tertiary/aromatic N) is 2. The first-order chi connectivity index (χ1) is 10.9. The van der Waals surface area contributed by atoms with Crippen molar-refractivity contribution in [2.45, 2.75) is 31.7 Å². The topological polar surface area (TPSA) is 133 Å². The number of sulfonamides is 1. The Morgan fingerprint density at radius 1 is 1.35 bits per heavy atom. The van der Waals surface area contributed by atoms with Gasteiger partial charge in [-0.05, 0) is 18.8 Å². The summed E-state index contributed by atoms with van der Waals surface area (Å²) < 4.78 is 25.7. The van der Waals surface area contributed by atoms with Crippen molar-refractivity contribution in [1.29, 1.82) is 0 Å². The van der Waals surface area contributed by atoms with E-state index in [9.17, 15) is 13.2 Å². The molecule has 3 rings (SSSR count). The number of aromatic nitrogens is 4. The lowest BCUT2D eigenvalue weighted by Gasteiger charge is -2.31. The lowest BCUT2D eigenvalue weighted by Crippen LogP contribution is -2.44. The molecule has 0 bridgehead atoms. The average molecular weight is 340 g/mol. The van der Waals surface area contributed by atoms with E-state index in [1.54, 1.807) is 0 Å². The van der Waals surface area contributed by atoms with E-state index in [0.717, 1.165) is 25.7 Å². The quantitative estimate of drug-likeness (QED) is 0.613. The van der Waals surface area contributed by atoms with Crippen molar-refractivity contribution in [2.75, 3.05) is 18.1 Å². The molecule has 2 aromatic rings. The van der Waals surface area contributed by atoms with Gasteiger partial charge in [-0.15, -0.1) is 0 Å². The molecular formula is C13H20N6O3S. The maximum Gasteiger partial charge on any atom is 0.263 e. The van der Waals surface area contributed by atoms with Crippen molar-refractivity contribution >= 4 is 27.0 Å². The van der Waals surface area contributed by atoms with Crippen LogP contribution in [0.3, 0.4) is 0 Å². The Labute approximate surface area is 133 Å². The Hall–Kier alpha value is -1.94. The zero-order valence-electron chi connectivity index (χ0n) is 12.8. The highest BCUT2D eigenvalue weighted by atomic mass is 32.2. The van der Waals surface area contributed by atoms with Gasteiger partial charge >= 0.3 is 0 Å². The Balaban J connectivity index is 1.70. The smallest absolute Gasteiger partial charge is 0.263 e. The number of rotatable bonds is 5. The zero-order chi connectivity index (χ0) is 16.4. The largest absolute Gasteiger partial charge is 0.355 e. The molecule has 0 radical (unpaired) electrons. The van der Waals surface area contributed by atoms with E-state index < -0.39 is 10.0 Å². The van der Waals surface area contributed by atoms with Gasteiger partial charge in [-0.1, -0.05) is 12.8 Å². The molecule has 0 saturated heterocycles. The predicted molar refractivity (Wildman–Crippen MR) is 86.7 cm³/mol. The van der Waals surface area contributed by atoms with E-state index in [1.807, 2.05) is 0 Å². The number of fused-ring (bicyclic) bond motifs is 1. The van der Waals surface area contributed by atoms with Crippen LogP contribution in [0, 0.1) is 5.92 Å². The fourth-order valence-corrected chi connectivity index (χ4v) is 3.90. The van der Waals surface area contributed by atoms with Gasteiger partial charge in [0.2, 0.25) is 16.0 Å². The number of aromatic amines is 2. The van der Waals surface area contributed by atoms with Crippen molar-refractivity contribution in [3.8, 4) is 0 Å². The second-order valence-electron chi connectivity index (χ2n) is 5.97. The summed E-state index contributed by atoms with van der Waals surface area (Å²) in [6.45, 7) is 0.537. The highest BCUT2D eigenvalue weighted by molar-refractivity contribution is 7.88.